The third-order valence-corrected chi connectivity index (χ3v) is 2.91. The van der Waals surface area contributed by atoms with E-state index in [0.29, 0.717) is 10.8 Å². The number of ether oxygens (including phenoxy) is 1. The molecule has 6 nitrogen and oxygen atoms in total. The molecule has 0 saturated carbocycles. The van der Waals surface area contributed by atoms with E-state index in [2.05, 4.69) is 5.10 Å². The SMILES string of the molecule is CC(C)(C)OCCn1nc(C(=O)O)c2ccccc2c1=O. The Kier molecular flexibility index (Phi) is 4.09. The lowest BCUT2D eigenvalue weighted by Crippen LogP contribution is -2.30. The molecule has 0 aliphatic carbocycles. The molecular formula is C15H18N2O4. The predicted octanol–water partition coefficient (Wildman–Crippen LogP) is 1.91. The molecule has 2 aromatic rings. The highest BCUT2D eigenvalue weighted by Crippen LogP contribution is 2.13. The van der Waals surface area contributed by atoms with E-state index in [1.807, 2.05) is 20.8 Å². The molecule has 6 heteroatoms. The number of carbonyl (C=O) groups is 1. The number of fused-ring (bicyclic) bond motifs is 1. The number of rotatable bonds is 4. The van der Waals surface area contributed by atoms with Gasteiger partial charge < -0.3 is 9.84 Å². The number of hydrogen-bond acceptors (Lipinski definition) is 4. The summed E-state index contributed by atoms with van der Waals surface area (Å²) in [5.74, 6) is -1.16. The summed E-state index contributed by atoms with van der Waals surface area (Å²) in [7, 11) is 0. The van der Waals surface area contributed by atoms with E-state index in [1.54, 1.807) is 24.3 Å². The molecule has 0 radical (unpaired) electrons. The first-order valence-electron chi connectivity index (χ1n) is 6.67. The van der Waals surface area contributed by atoms with Crippen molar-refractivity contribution in [2.45, 2.75) is 32.9 Å². The van der Waals surface area contributed by atoms with Crippen LogP contribution in [0.1, 0.15) is 31.3 Å². The van der Waals surface area contributed by atoms with Gasteiger partial charge in [0, 0.05) is 5.39 Å². The van der Waals surface area contributed by atoms with E-state index >= 15 is 0 Å². The van der Waals surface area contributed by atoms with E-state index in [9.17, 15) is 14.7 Å². The van der Waals surface area contributed by atoms with Gasteiger partial charge in [-0.2, -0.15) is 5.10 Å². The molecule has 21 heavy (non-hydrogen) atoms. The summed E-state index contributed by atoms with van der Waals surface area (Å²) in [4.78, 5) is 23.6. The van der Waals surface area contributed by atoms with E-state index in [0.717, 1.165) is 4.68 Å². The van der Waals surface area contributed by atoms with Gasteiger partial charge in [0.15, 0.2) is 5.69 Å². The molecule has 1 N–H and O–H groups in total. The lowest BCUT2D eigenvalue weighted by molar-refractivity contribution is -0.00840. The van der Waals surface area contributed by atoms with E-state index in [-0.39, 0.29) is 30.0 Å². The molecular weight excluding hydrogens is 272 g/mol. The van der Waals surface area contributed by atoms with Crippen molar-refractivity contribution in [2.75, 3.05) is 6.61 Å². The molecule has 0 bridgehead atoms. The second-order valence-electron chi connectivity index (χ2n) is 5.69. The van der Waals surface area contributed by atoms with Crippen LogP contribution >= 0.6 is 0 Å². The zero-order chi connectivity index (χ0) is 15.6. The first kappa shape index (κ1) is 15.2. The number of benzene rings is 1. The van der Waals surface area contributed by atoms with Gasteiger partial charge in [0.2, 0.25) is 0 Å². The van der Waals surface area contributed by atoms with Crippen LogP contribution in [-0.2, 0) is 11.3 Å². The average molecular weight is 290 g/mol. The minimum absolute atomic E-state index is 0.124. The quantitative estimate of drug-likeness (QED) is 0.930. The average Bonchev–Trinajstić information content (AvgIpc) is 2.40. The fourth-order valence-corrected chi connectivity index (χ4v) is 1.98. The second-order valence-corrected chi connectivity index (χ2v) is 5.69. The van der Waals surface area contributed by atoms with Gasteiger partial charge in [-0.15, -0.1) is 0 Å². The molecule has 0 amide bonds. The Labute approximate surface area is 122 Å². The van der Waals surface area contributed by atoms with Crippen molar-refractivity contribution in [3.8, 4) is 0 Å². The maximum atomic E-state index is 12.3. The minimum Gasteiger partial charge on any atom is -0.476 e. The normalized spacial score (nSPS) is 11.8. The standard InChI is InChI=1S/C15H18N2O4/c1-15(2,3)21-9-8-17-13(18)11-7-5-4-6-10(11)12(16-17)14(19)20/h4-7H,8-9H2,1-3H3,(H,19,20). The molecule has 0 aliphatic heterocycles. The van der Waals surface area contributed by atoms with Gasteiger partial charge in [-0.1, -0.05) is 18.2 Å². The van der Waals surface area contributed by atoms with Crippen LogP contribution < -0.4 is 5.56 Å². The number of aromatic carboxylic acids is 1. The maximum Gasteiger partial charge on any atom is 0.357 e. The second kappa shape index (κ2) is 5.65. The van der Waals surface area contributed by atoms with Crippen LogP contribution in [0.3, 0.4) is 0 Å². The third kappa shape index (κ3) is 3.46. The molecule has 0 atom stereocenters. The predicted molar refractivity (Wildman–Crippen MR) is 78.7 cm³/mol. The Balaban J connectivity index is 2.43. The van der Waals surface area contributed by atoms with Crippen LogP contribution in [0.4, 0.5) is 0 Å². The lowest BCUT2D eigenvalue weighted by atomic mass is 10.1. The van der Waals surface area contributed by atoms with Crippen LogP contribution in [0.25, 0.3) is 10.8 Å². The van der Waals surface area contributed by atoms with E-state index in [4.69, 9.17) is 4.74 Å². The van der Waals surface area contributed by atoms with Gasteiger partial charge in [0.05, 0.1) is 24.1 Å². The molecule has 112 valence electrons. The van der Waals surface area contributed by atoms with E-state index < -0.39 is 5.97 Å². The summed E-state index contributed by atoms with van der Waals surface area (Å²) in [6, 6.07) is 6.57. The summed E-state index contributed by atoms with van der Waals surface area (Å²) in [5.41, 5.74) is -0.759. The summed E-state index contributed by atoms with van der Waals surface area (Å²) in [6.45, 7) is 6.22. The molecule has 0 unspecified atom stereocenters. The summed E-state index contributed by atoms with van der Waals surface area (Å²) >= 11 is 0. The molecule has 1 heterocycles. The zero-order valence-electron chi connectivity index (χ0n) is 12.3. The minimum atomic E-state index is -1.16. The fourth-order valence-electron chi connectivity index (χ4n) is 1.98. The maximum absolute atomic E-state index is 12.3. The first-order valence-corrected chi connectivity index (χ1v) is 6.67. The smallest absolute Gasteiger partial charge is 0.357 e. The Morgan fingerprint density at radius 3 is 2.48 bits per heavy atom. The number of nitrogens with zero attached hydrogens (tertiary/aromatic N) is 2. The van der Waals surface area contributed by atoms with Crippen LogP contribution in [0.5, 0.6) is 0 Å². The topological polar surface area (TPSA) is 81.4 Å². The Morgan fingerprint density at radius 1 is 1.29 bits per heavy atom. The zero-order valence-corrected chi connectivity index (χ0v) is 12.3. The molecule has 1 aromatic heterocycles. The monoisotopic (exact) mass is 290 g/mol. The Hall–Kier alpha value is -2.21. The summed E-state index contributed by atoms with van der Waals surface area (Å²) in [6.07, 6.45) is 0. The number of carboxylic acids is 1. The first-order chi connectivity index (χ1) is 9.79. The van der Waals surface area contributed by atoms with Crippen LogP contribution in [0, 0.1) is 0 Å². The third-order valence-electron chi connectivity index (χ3n) is 2.91. The van der Waals surface area contributed by atoms with Crippen molar-refractivity contribution >= 4 is 16.7 Å². The van der Waals surface area contributed by atoms with Gasteiger partial charge in [-0.3, -0.25) is 4.79 Å². The molecule has 0 fully saturated rings. The van der Waals surface area contributed by atoms with Crippen LogP contribution in [-0.4, -0.2) is 33.1 Å². The molecule has 1 aromatic carbocycles. The highest BCUT2D eigenvalue weighted by atomic mass is 16.5. The Morgan fingerprint density at radius 2 is 1.90 bits per heavy atom. The number of carboxylic acid groups (broad SMARTS) is 1. The van der Waals surface area contributed by atoms with Crippen molar-refractivity contribution < 1.29 is 14.6 Å². The van der Waals surface area contributed by atoms with Gasteiger partial charge in [-0.25, -0.2) is 9.48 Å². The van der Waals surface area contributed by atoms with Crippen LogP contribution in [0.2, 0.25) is 0 Å². The van der Waals surface area contributed by atoms with Crippen molar-refractivity contribution in [2.24, 2.45) is 0 Å². The van der Waals surface area contributed by atoms with Crippen molar-refractivity contribution in [3.05, 3.63) is 40.3 Å². The van der Waals surface area contributed by atoms with Crippen molar-refractivity contribution in [3.63, 3.8) is 0 Å². The van der Waals surface area contributed by atoms with E-state index in [1.165, 1.54) is 0 Å². The fraction of sp³-hybridized carbons (Fsp3) is 0.400. The highest BCUT2D eigenvalue weighted by Gasteiger charge is 2.16. The van der Waals surface area contributed by atoms with Gasteiger partial charge in [0.1, 0.15) is 0 Å². The lowest BCUT2D eigenvalue weighted by Gasteiger charge is -2.19. The van der Waals surface area contributed by atoms with Crippen LogP contribution in [0.15, 0.2) is 29.1 Å². The van der Waals surface area contributed by atoms with Gasteiger partial charge in [-0.05, 0) is 26.8 Å². The number of hydrogen-bond donors (Lipinski definition) is 1. The highest BCUT2D eigenvalue weighted by molar-refractivity contribution is 6.01. The molecule has 0 spiro atoms. The number of aromatic nitrogens is 2. The summed E-state index contributed by atoms with van der Waals surface area (Å²) in [5, 5.41) is 13.9. The van der Waals surface area contributed by atoms with Crippen molar-refractivity contribution in [1.29, 1.82) is 0 Å². The Bertz CT molecular complexity index is 729. The summed E-state index contributed by atoms with van der Waals surface area (Å²) < 4.78 is 6.70. The molecule has 2 rings (SSSR count). The molecule has 0 saturated heterocycles. The van der Waals surface area contributed by atoms with Crippen molar-refractivity contribution in [1.82, 2.24) is 9.78 Å². The molecule has 0 aliphatic rings. The van der Waals surface area contributed by atoms with Gasteiger partial charge >= 0.3 is 5.97 Å². The largest absolute Gasteiger partial charge is 0.476 e. The van der Waals surface area contributed by atoms with Gasteiger partial charge in [0.25, 0.3) is 5.56 Å².